The Morgan fingerprint density at radius 1 is 1.50 bits per heavy atom. The van der Waals surface area contributed by atoms with Crippen LogP contribution >= 0.6 is 27.5 Å². The zero-order valence-electron chi connectivity index (χ0n) is 5.38. The molecule has 4 heteroatoms. The van der Waals surface area contributed by atoms with Crippen molar-refractivity contribution in [3.8, 4) is 0 Å². The van der Waals surface area contributed by atoms with Gasteiger partial charge in [-0.25, -0.2) is 4.98 Å². The standard InChI is InChI=1S/C6H7BrN2S/c7-6-8-5(9-10-6)4-2-1-3-4/h4H,1-3H2. The SMILES string of the molecule is Brc1nc(C2CCC2)ns1. The van der Waals surface area contributed by atoms with Crippen LogP contribution in [0.15, 0.2) is 3.92 Å². The molecule has 0 aliphatic heterocycles. The third-order valence-electron chi connectivity index (χ3n) is 1.89. The molecule has 10 heavy (non-hydrogen) atoms. The van der Waals surface area contributed by atoms with Crippen molar-refractivity contribution in [2.24, 2.45) is 0 Å². The van der Waals surface area contributed by atoms with Gasteiger partial charge in [-0.15, -0.1) is 0 Å². The number of rotatable bonds is 1. The van der Waals surface area contributed by atoms with Crippen LogP contribution in [-0.4, -0.2) is 9.36 Å². The summed E-state index contributed by atoms with van der Waals surface area (Å²) in [6.45, 7) is 0. The fourth-order valence-corrected chi connectivity index (χ4v) is 1.94. The van der Waals surface area contributed by atoms with Crippen LogP contribution in [0.4, 0.5) is 0 Å². The lowest BCUT2D eigenvalue weighted by Gasteiger charge is -2.21. The van der Waals surface area contributed by atoms with Crippen molar-refractivity contribution in [1.29, 1.82) is 0 Å². The summed E-state index contributed by atoms with van der Waals surface area (Å²) in [5.41, 5.74) is 0. The number of hydrogen-bond donors (Lipinski definition) is 0. The van der Waals surface area contributed by atoms with Gasteiger partial charge in [-0.1, -0.05) is 6.42 Å². The lowest BCUT2D eigenvalue weighted by atomic mass is 9.85. The normalized spacial score (nSPS) is 18.9. The molecule has 2 nitrogen and oxygen atoms in total. The Labute approximate surface area is 72.0 Å². The minimum atomic E-state index is 0.669. The van der Waals surface area contributed by atoms with Gasteiger partial charge in [0.25, 0.3) is 0 Å². The second-order valence-corrected chi connectivity index (χ2v) is 4.56. The maximum atomic E-state index is 4.26. The van der Waals surface area contributed by atoms with Gasteiger partial charge >= 0.3 is 0 Å². The summed E-state index contributed by atoms with van der Waals surface area (Å²) in [6.07, 6.45) is 3.91. The van der Waals surface area contributed by atoms with E-state index in [1.165, 1.54) is 30.8 Å². The van der Waals surface area contributed by atoms with Gasteiger partial charge < -0.3 is 0 Å². The van der Waals surface area contributed by atoms with Crippen molar-refractivity contribution in [3.63, 3.8) is 0 Å². The fourth-order valence-electron chi connectivity index (χ4n) is 1.05. The smallest absolute Gasteiger partial charge is 0.179 e. The Morgan fingerprint density at radius 3 is 2.70 bits per heavy atom. The monoisotopic (exact) mass is 218 g/mol. The minimum absolute atomic E-state index is 0.669. The molecule has 1 aromatic heterocycles. The van der Waals surface area contributed by atoms with Gasteiger partial charge in [0.05, 0.1) is 0 Å². The highest BCUT2D eigenvalue weighted by Gasteiger charge is 2.22. The first-order valence-corrected chi connectivity index (χ1v) is 4.92. The molecule has 0 radical (unpaired) electrons. The van der Waals surface area contributed by atoms with Crippen LogP contribution in [0.5, 0.6) is 0 Å². The Bertz CT molecular complexity index is 231. The van der Waals surface area contributed by atoms with Crippen LogP contribution in [-0.2, 0) is 0 Å². The number of halogens is 1. The molecule has 0 spiro atoms. The molecule has 1 fully saturated rings. The van der Waals surface area contributed by atoms with Crippen LogP contribution < -0.4 is 0 Å². The predicted molar refractivity (Wildman–Crippen MR) is 44.2 cm³/mol. The van der Waals surface area contributed by atoms with Crippen LogP contribution in [0.2, 0.25) is 0 Å². The third kappa shape index (κ3) is 1.10. The van der Waals surface area contributed by atoms with E-state index in [1.807, 2.05) is 0 Å². The summed E-state index contributed by atoms with van der Waals surface area (Å²) in [6, 6.07) is 0. The molecule has 0 unspecified atom stereocenters. The van der Waals surface area contributed by atoms with Crippen molar-refractivity contribution < 1.29 is 0 Å². The van der Waals surface area contributed by atoms with Crippen LogP contribution in [0.1, 0.15) is 31.0 Å². The van der Waals surface area contributed by atoms with Crippen molar-refractivity contribution in [3.05, 3.63) is 9.74 Å². The van der Waals surface area contributed by atoms with E-state index >= 15 is 0 Å². The molecule has 0 N–H and O–H groups in total. The fraction of sp³-hybridized carbons (Fsp3) is 0.667. The van der Waals surface area contributed by atoms with Gasteiger partial charge in [0.1, 0.15) is 5.82 Å². The van der Waals surface area contributed by atoms with Crippen molar-refractivity contribution >= 4 is 27.5 Å². The molecule has 2 rings (SSSR count). The molecule has 1 saturated carbocycles. The van der Waals surface area contributed by atoms with E-state index in [0.717, 1.165) is 9.74 Å². The van der Waals surface area contributed by atoms with Crippen LogP contribution in [0.3, 0.4) is 0 Å². The van der Waals surface area contributed by atoms with Gasteiger partial charge in [-0.05, 0) is 40.3 Å². The maximum Gasteiger partial charge on any atom is 0.179 e. The molecule has 1 aliphatic rings. The van der Waals surface area contributed by atoms with E-state index in [0.29, 0.717) is 5.92 Å². The second-order valence-electron chi connectivity index (χ2n) is 2.53. The molecule has 1 aliphatic carbocycles. The van der Waals surface area contributed by atoms with Crippen molar-refractivity contribution in [2.75, 3.05) is 0 Å². The lowest BCUT2D eigenvalue weighted by Crippen LogP contribution is -2.09. The van der Waals surface area contributed by atoms with E-state index in [-0.39, 0.29) is 0 Å². The van der Waals surface area contributed by atoms with E-state index in [9.17, 15) is 0 Å². The molecule has 1 heterocycles. The van der Waals surface area contributed by atoms with E-state index < -0.39 is 0 Å². The summed E-state index contributed by atoms with van der Waals surface area (Å²) in [5.74, 6) is 1.71. The van der Waals surface area contributed by atoms with Crippen LogP contribution in [0.25, 0.3) is 0 Å². The summed E-state index contributed by atoms with van der Waals surface area (Å²) in [5, 5.41) is 0. The first kappa shape index (κ1) is 6.73. The molecule has 0 bridgehead atoms. The second kappa shape index (κ2) is 2.58. The highest BCUT2D eigenvalue weighted by molar-refractivity contribution is 9.11. The Hall–Kier alpha value is 0.0400. The van der Waals surface area contributed by atoms with Gasteiger partial charge in [0.15, 0.2) is 3.92 Å². The molecule has 1 aromatic rings. The van der Waals surface area contributed by atoms with E-state index in [4.69, 9.17) is 0 Å². The van der Waals surface area contributed by atoms with Gasteiger partial charge in [0, 0.05) is 5.92 Å². The first-order valence-electron chi connectivity index (χ1n) is 3.35. The summed E-state index contributed by atoms with van der Waals surface area (Å²) in [4.78, 5) is 4.26. The molecular weight excluding hydrogens is 212 g/mol. The summed E-state index contributed by atoms with van der Waals surface area (Å²) in [7, 11) is 0. The Morgan fingerprint density at radius 2 is 2.30 bits per heavy atom. The molecule has 54 valence electrons. The van der Waals surface area contributed by atoms with Gasteiger partial charge in [0.2, 0.25) is 0 Å². The van der Waals surface area contributed by atoms with Gasteiger partial charge in [-0.2, -0.15) is 4.37 Å². The highest BCUT2D eigenvalue weighted by Crippen LogP contribution is 2.35. The summed E-state index contributed by atoms with van der Waals surface area (Å²) < 4.78 is 5.13. The largest absolute Gasteiger partial charge is 0.212 e. The number of aromatic nitrogens is 2. The van der Waals surface area contributed by atoms with Crippen molar-refractivity contribution in [1.82, 2.24) is 9.36 Å². The lowest BCUT2D eigenvalue weighted by molar-refractivity contribution is 0.404. The predicted octanol–water partition coefficient (Wildman–Crippen LogP) is 2.57. The molecule has 0 aromatic carbocycles. The molecular formula is C6H7BrN2S. The van der Waals surface area contributed by atoms with E-state index in [2.05, 4.69) is 25.3 Å². The molecule has 0 atom stereocenters. The topological polar surface area (TPSA) is 25.8 Å². The zero-order chi connectivity index (χ0) is 6.97. The number of hydrogen-bond acceptors (Lipinski definition) is 3. The quantitative estimate of drug-likeness (QED) is 0.725. The van der Waals surface area contributed by atoms with Crippen LogP contribution in [0, 0.1) is 0 Å². The molecule has 0 amide bonds. The molecule has 0 saturated heterocycles. The van der Waals surface area contributed by atoms with Crippen molar-refractivity contribution in [2.45, 2.75) is 25.2 Å². The Kier molecular flexibility index (Phi) is 1.74. The highest BCUT2D eigenvalue weighted by atomic mass is 79.9. The Balaban J connectivity index is 2.17. The zero-order valence-corrected chi connectivity index (χ0v) is 7.78. The van der Waals surface area contributed by atoms with E-state index in [1.54, 1.807) is 0 Å². The average Bonchev–Trinajstić information content (AvgIpc) is 2.10. The summed E-state index contributed by atoms with van der Waals surface area (Å²) >= 11 is 4.74. The average molecular weight is 219 g/mol. The third-order valence-corrected chi connectivity index (χ3v) is 3.02. The minimum Gasteiger partial charge on any atom is -0.212 e. The first-order chi connectivity index (χ1) is 4.86. The van der Waals surface area contributed by atoms with Gasteiger partial charge in [-0.3, -0.25) is 0 Å². The number of nitrogens with zero attached hydrogens (tertiary/aromatic N) is 2. The maximum absolute atomic E-state index is 4.26.